The van der Waals surface area contributed by atoms with E-state index in [1.54, 1.807) is 12.4 Å². The molecule has 0 aliphatic heterocycles. The van der Waals surface area contributed by atoms with Gasteiger partial charge in [0.25, 0.3) is 0 Å². The second kappa shape index (κ2) is 7.06. The van der Waals surface area contributed by atoms with E-state index >= 15 is 0 Å². The highest BCUT2D eigenvalue weighted by molar-refractivity contribution is 5.40. The molecule has 0 spiro atoms. The fourth-order valence-electron chi connectivity index (χ4n) is 0.674. The van der Waals surface area contributed by atoms with Crippen molar-refractivity contribution in [2.75, 3.05) is 11.9 Å². The molecule has 0 radical (unpaired) electrons. The Kier molecular flexibility index (Phi) is 6.39. The summed E-state index contributed by atoms with van der Waals surface area (Å²) in [7, 11) is 0. The van der Waals surface area contributed by atoms with Gasteiger partial charge in [-0.2, -0.15) is 0 Å². The minimum Gasteiger partial charge on any atom is -0.385 e. The van der Waals surface area contributed by atoms with Gasteiger partial charge in [-0.25, -0.2) is 0 Å². The summed E-state index contributed by atoms with van der Waals surface area (Å²) in [6.45, 7) is 7.03. The topological polar surface area (TPSA) is 24.9 Å². The van der Waals surface area contributed by atoms with Gasteiger partial charge in [-0.15, -0.1) is 0 Å². The zero-order valence-electron chi connectivity index (χ0n) is 7.46. The van der Waals surface area contributed by atoms with Crippen molar-refractivity contribution in [3.8, 4) is 0 Å². The number of anilines is 1. The molecular weight excluding hydrogens is 136 g/mol. The van der Waals surface area contributed by atoms with Crippen molar-refractivity contribution in [1.82, 2.24) is 4.98 Å². The van der Waals surface area contributed by atoms with Gasteiger partial charge < -0.3 is 5.32 Å². The van der Waals surface area contributed by atoms with Crippen LogP contribution in [0.4, 0.5) is 5.69 Å². The molecule has 0 aliphatic rings. The first-order valence-electron chi connectivity index (χ1n) is 4.07. The zero-order valence-corrected chi connectivity index (χ0v) is 7.46. The highest BCUT2D eigenvalue weighted by Gasteiger charge is 1.82. The van der Waals surface area contributed by atoms with Crippen molar-refractivity contribution in [2.24, 2.45) is 0 Å². The largest absolute Gasteiger partial charge is 0.385 e. The predicted molar refractivity (Wildman–Crippen MR) is 49.7 cm³/mol. The molecule has 0 aliphatic carbocycles. The van der Waals surface area contributed by atoms with Crippen molar-refractivity contribution in [2.45, 2.75) is 20.8 Å². The molecule has 0 aromatic carbocycles. The number of hydrogen-bond donors (Lipinski definition) is 1. The van der Waals surface area contributed by atoms with Crippen molar-refractivity contribution >= 4 is 5.69 Å². The van der Waals surface area contributed by atoms with Crippen LogP contribution in [0.15, 0.2) is 24.5 Å². The molecule has 0 atom stereocenters. The van der Waals surface area contributed by atoms with Crippen LogP contribution in [0.25, 0.3) is 0 Å². The fraction of sp³-hybridized carbons (Fsp3) is 0.444. The molecule has 0 unspecified atom stereocenters. The van der Waals surface area contributed by atoms with Crippen LogP contribution in [0.3, 0.4) is 0 Å². The van der Waals surface area contributed by atoms with E-state index < -0.39 is 0 Å². The first kappa shape index (κ1) is 9.95. The molecule has 1 aromatic rings. The molecule has 2 heteroatoms. The molecule has 62 valence electrons. The highest BCUT2D eigenvalue weighted by atomic mass is 14.9. The third kappa shape index (κ3) is 4.37. The van der Waals surface area contributed by atoms with Crippen molar-refractivity contribution in [3.63, 3.8) is 0 Å². The van der Waals surface area contributed by atoms with E-state index in [-0.39, 0.29) is 0 Å². The van der Waals surface area contributed by atoms with Gasteiger partial charge in [-0.1, -0.05) is 13.8 Å². The maximum Gasteiger partial charge on any atom is 0.0370 e. The Bertz CT molecular complexity index is 160. The predicted octanol–water partition coefficient (Wildman–Crippen LogP) is 2.54. The molecule has 0 saturated carbocycles. The molecule has 11 heavy (non-hydrogen) atoms. The average molecular weight is 152 g/mol. The molecule has 0 bridgehead atoms. The minimum absolute atomic E-state index is 0.962. The van der Waals surface area contributed by atoms with Crippen LogP contribution in [0, 0.1) is 0 Å². The third-order valence-corrected chi connectivity index (χ3v) is 1.06. The van der Waals surface area contributed by atoms with Gasteiger partial charge in [0.05, 0.1) is 0 Å². The van der Waals surface area contributed by atoms with E-state index in [0.717, 1.165) is 12.2 Å². The summed E-state index contributed by atoms with van der Waals surface area (Å²) >= 11 is 0. The Morgan fingerprint density at radius 2 is 1.82 bits per heavy atom. The Balaban J connectivity index is 0.000000461. The number of pyridine rings is 1. The van der Waals surface area contributed by atoms with Crippen LogP contribution in [-0.2, 0) is 0 Å². The van der Waals surface area contributed by atoms with E-state index in [0.29, 0.717) is 0 Å². The summed E-state index contributed by atoms with van der Waals surface area (Å²) in [6, 6.07) is 3.90. The monoisotopic (exact) mass is 152 g/mol. The molecule has 1 N–H and O–H groups in total. The minimum atomic E-state index is 0.962. The van der Waals surface area contributed by atoms with Gasteiger partial charge >= 0.3 is 0 Å². The van der Waals surface area contributed by atoms with Crippen LogP contribution < -0.4 is 5.32 Å². The second-order valence-electron chi connectivity index (χ2n) is 1.77. The number of nitrogens with one attached hydrogen (secondary N) is 1. The lowest BCUT2D eigenvalue weighted by Crippen LogP contribution is -1.95. The lowest BCUT2D eigenvalue weighted by Gasteiger charge is -1.98. The average Bonchev–Trinajstić information content (AvgIpc) is 2.11. The SMILES string of the molecule is CC.CCNc1ccncc1. The van der Waals surface area contributed by atoms with E-state index in [1.807, 2.05) is 26.0 Å². The van der Waals surface area contributed by atoms with E-state index in [4.69, 9.17) is 0 Å². The van der Waals surface area contributed by atoms with Crippen molar-refractivity contribution in [1.29, 1.82) is 0 Å². The van der Waals surface area contributed by atoms with Gasteiger partial charge in [0.15, 0.2) is 0 Å². The van der Waals surface area contributed by atoms with Crippen LogP contribution in [0.2, 0.25) is 0 Å². The van der Waals surface area contributed by atoms with E-state index in [2.05, 4.69) is 17.2 Å². The summed E-state index contributed by atoms with van der Waals surface area (Å²) in [5, 5.41) is 3.17. The Morgan fingerprint density at radius 3 is 2.27 bits per heavy atom. The first-order chi connectivity index (χ1) is 5.43. The number of hydrogen-bond acceptors (Lipinski definition) is 2. The summed E-state index contributed by atoms with van der Waals surface area (Å²) < 4.78 is 0. The summed E-state index contributed by atoms with van der Waals surface area (Å²) in [4.78, 5) is 3.89. The smallest absolute Gasteiger partial charge is 0.0370 e. The Morgan fingerprint density at radius 1 is 1.27 bits per heavy atom. The fourth-order valence-corrected chi connectivity index (χ4v) is 0.674. The summed E-state index contributed by atoms with van der Waals surface area (Å²) in [5.74, 6) is 0. The summed E-state index contributed by atoms with van der Waals surface area (Å²) in [6.07, 6.45) is 3.55. The van der Waals surface area contributed by atoms with Crippen LogP contribution in [0.5, 0.6) is 0 Å². The van der Waals surface area contributed by atoms with Crippen LogP contribution in [0.1, 0.15) is 20.8 Å². The molecule has 0 saturated heterocycles. The number of nitrogens with zero attached hydrogens (tertiary/aromatic N) is 1. The van der Waals surface area contributed by atoms with Gasteiger partial charge in [-0.05, 0) is 19.1 Å². The lowest BCUT2D eigenvalue weighted by molar-refractivity contribution is 1.20. The maximum absolute atomic E-state index is 3.89. The maximum atomic E-state index is 3.89. The summed E-state index contributed by atoms with van der Waals surface area (Å²) in [5.41, 5.74) is 1.13. The van der Waals surface area contributed by atoms with Crippen LogP contribution in [-0.4, -0.2) is 11.5 Å². The lowest BCUT2D eigenvalue weighted by atomic mass is 10.4. The van der Waals surface area contributed by atoms with Crippen molar-refractivity contribution in [3.05, 3.63) is 24.5 Å². The normalized spacial score (nSPS) is 7.91. The number of rotatable bonds is 2. The molecule has 1 rings (SSSR count). The Hall–Kier alpha value is -1.05. The van der Waals surface area contributed by atoms with E-state index in [9.17, 15) is 0 Å². The van der Waals surface area contributed by atoms with Crippen LogP contribution >= 0.6 is 0 Å². The van der Waals surface area contributed by atoms with Gasteiger partial charge in [-0.3, -0.25) is 4.98 Å². The first-order valence-corrected chi connectivity index (χ1v) is 4.07. The third-order valence-electron chi connectivity index (χ3n) is 1.06. The molecular formula is C9H16N2. The molecule has 1 heterocycles. The number of aromatic nitrogens is 1. The standard InChI is InChI=1S/C7H10N2.C2H6/c1-2-9-7-3-5-8-6-4-7;1-2/h3-6H,2H2,1H3,(H,8,9);1-2H3. The van der Waals surface area contributed by atoms with Gasteiger partial charge in [0, 0.05) is 24.6 Å². The second-order valence-corrected chi connectivity index (χ2v) is 1.77. The quantitative estimate of drug-likeness (QED) is 0.704. The molecule has 0 amide bonds. The van der Waals surface area contributed by atoms with Gasteiger partial charge in [0.2, 0.25) is 0 Å². The van der Waals surface area contributed by atoms with E-state index in [1.165, 1.54) is 0 Å². The molecule has 2 nitrogen and oxygen atoms in total. The molecule has 0 fully saturated rings. The molecule has 1 aromatic heterocycles. The van der Waals surface area contributed by atoms with Gasteiger partial charge in [0.1, 0.15) is 0 Å². The Labute approximate surface area is 68.7 Å². The zero-order chi connectivity index (χ0) is 8.53. The highest BCUT2D eigenvalue weighted by Crippen LogP contribution is 2.00. The van der Waals surface area contributed by atoms with Crippen molar-refractivity contribution < 1.29 is 0 Å².